The standard InChI is InChI=1S/C10H16N2OS/c1-5-13-8(4)9-11-7(3)6(2)10(14)12-9/h8H,5H2,1-4H3,(H,11,12,14). The summed E-state index contributed by atoms with van der Waals surface area (Å²) < 4.78 is 6.09. The van der Waals surface area contributed by atoms with Crippen molar-refractivity contribution in [3.8, 4) is 0 Å². The maximum absolute atomic E-state index is 5.44. The first-order valence-electron chi connectivity index (χ1n) is 4.75. The van der Waals surface area contributed by atoms with E-state index in [2.05, 4.69) is 9.97 Å². The number of nitrogens with zero attached hydrogens (tertiary/aromatic N) is 1. The van der Waals surface area contributed by atoms with Crippen LogP contribution in [-0.2, 0) is 4.74 Å². The maximum Gasteiger partial charge on any atom is 0.136 e. The minimum atomic E-state index is -0.0269. The molecule has 1 aromatic rings. The zero-order chi connectivity index (χ0) is 10.7. The van der Waals surface area contributed by atoms with Gasteiger partial charge in [-0.1, -0.05) is 12.2 Å². The monoisotopic (exact) mass is 212 g/mol. The highest BCUT2D eigenvalue weighted by molar-refractivity contribution is 7.71. The van der Waals surface area contributed by atoms with Crippen molar-refractivity contribution in [2.75, 3.05) is 6.61 Å². The fourth-order valence-corrected chi connectivity index (χ4v) is 1.44. The van der Waals surface area contributed by atoms with Crippen LogP contribution in [0.25, 0.3) is 0 Å². The van der Waals surface area contributed by atoms with Crippen molar-refractivity contribution < 1.29 is 4.74 Å². The predicted octanol–water partition coefficient (Wildman–Crippen LogP) is 2.85. The Hall–Kier alpha value is -0.740. The van der Waals surface area contributed by atoms with Crippen LogP contribution in [0.2, 0.25) is 0 Å². The average Bonchev–Trinajstić information content (AvgIpc) is 2.13. The van der Waals surface area contributed by atoms with Gasteiger partial charge in [0.25, 0.3) is 0 Å². The number of aryl methyl sites for hydroxylation is 1. The highest BCUT2D eigenvalue weighted by atomic mass is 32.1. The van der Waals surface area contributed by atoms with E-state index < -0.39 is 0 Å². The van der Waals surface area contributed by atoms with E-state index in [1.54, 1.807) is 0 Å². The molecule has 14 heavy (non-hydrogen) atoms. The van der Waals surface area contributed by atoms with Crippen molar-refractivity contribution in [3.05, 3.63) is 21.7 Å². The summed E-state index contributed by atoms with van der Waals surface area (Å²) in [7, 11) is 0. The number of rotatable bonds is 3. The second-order valence-corrected chi connectivity index (χ2v) is 3.66. The number of aromatic nitrogens is 2. The van der Waals surface area contributed by atoms with E-state index in [0.29, 0.717) is 11.2 Å². The molecule has 0 fully saturated rings. The zero-order valence-electron chi connectivity index (χ0n) is 9.05. The van der Waals surface area contributed by atoms with E-state index in [-0.39, 0.29) is 6.10 Å². The third-order valence-corrected chi connectivity index (χ3v) is 2.62. The smallest absolute Gasteiger partial charge is 0.136 e. The third-order valence-electron chi connectivity index (χ3n) is 2.22. The molecule has 1 aromatic heterocycles. The van der Waals surface area contributed by atoms with Crippen molar-refractivity contribution in [1.29, 1.82) is 0 Å². The summed E-state index contributed by atoms with van der Waals surface area (Å²) in [5.41, 5.74) is 2.10. The molecule has 1 atom stereocenters. The summed E-state index contributed by atoms with van der Waals surface area (Å²) in [6, 6.07) is 0. The van der Waals surface area contributed by atoms with E-state index >= 15 is 0 Å². The van der Waals surface area contributed by atoms with Gasteiger partial charge in [-0.15, -0.1) is 0 Å². The molecule has 1 rings (SSSR count). The molecule has 1 N–H and O–H groups in total. The van der Waals surface area contributed by atoms with Gasteiger partial charge in [-0.05, 0) is 27.7 Å². The summed E-state index contributed by atoms with van der Waals surface area (Å²) in [5, 5.41) is 0. The second-order valence-electron chi connectivity index (χ2n) is 3.27. The first-order valence-corrected chi connectivity index (χ1v) is 5.16. The molecule has 0 radical (unpaired) electrons. The molecule has 0 aliphatic heterocycles. The Morgan fingerprint density at radius 1 is 1.50 bits per heavy atom. The molecular formula is C10H16N2OS. The molecule has 1 heterocycles. The number of H-pyrrole nitrogens is 1. The predicted molar refractivity (Wildman–Crippen MR) is 58.9 cm³/mol. The second kappa shape index (κ2) is 4.66. The van der Waals surface area contributed by atoms with E-state index in [1.807, 2.05) is 27.7 Å². The number of ether oxygens (including phenoxy) is 1. The molecule has 0 aliphatic rings. The van der Waals surface area contributed by atoms with E-state index in [1.165, 1.54) is 0 Å². The van der Waals surface area contributed by atoms with Crippen LogP contribution in [0.1, 0.15) is 37.0 Å². The summed E-state index contributed by atoms with van der Waals surface area (Å²) in [6.07, 6.45) is -0.0269. The van der Waals surface area contributed by atoms with Gasteiger partial charge in [0.1, 0.15) is 16.6 Å². The summed E-state index contributed by atoms with van der Waals surface area (Å²) >= 11 is 5.14. The van der Waals surface area contributed by atoms with Crippen molar-refractivity contribution >= 4 is 12.2 Å². The van der Waals surface area contributed by atoms with Crippen LogP contribution < -0.4 is 0 Å². The molecule has 0 amide bonds. The Kier molecular flexibility index (Phi) is 3.77. The van der Waals surface area contributed by atoms with Crippen LogP contribution in [-0.4, -0.2) is 16.6 Å². The molecule has 0 bridgehead atoms. The van der Waals surface area contributed by atoms with Gasteiger partial charge < -0.3 is 9.72 Å². The lowest BCUT2D eigenvalue weighted by molar-refractivity contribution is 0.0698. The lowest BCUT2D eigenvalue weighted by atomic mass is 10.2. The highest BCUT2D eigenvalue weighted by Crippen LogP contribution is 2.14. The molecule has 4 heteroatoms. The van der Waals surface area contributed by atoms with Crippen molar-refractivity contribution in [2.45, 2.75) is 33.8 Å². The Balaban J connectivity index is 3.06. The molecule has 0 aliphatic carbocycles. The lowest BCUT2D eigenvalue weighted by Gasteiger charge is -2.12. The summed E-state index contributed by atoms with van der Waals surface area (Å²) in [5.74, 6) is 0.806. The van der Waals surface area contributed by atoms with Gasteiger partial charge in [0.2, 0.25) is 0 Å². The molecule has 0 saturated carbocycles. The van der Waals surface area contributed by atoms with Gasteiger partial charge in [-0.3, -0.25) is 0 Å². The van der Waals surface area contributed by atoms with E-state index in [4.69, 9.17) is 17.0 Å². The van der Waals surface area contributed by atoms with Crippen LogP contribution in [0.3, 0.4) is 0 Å². The van der Waals surface area contributed by atoms with Gasteiger partial charge in [0, 0.05) is 17.9 Å². The molecule has 78 valence electrons. The molecular weight excluding hydrogens is 196 g/mol. The Bertz CT molecular complexity index is 373. The Morgan fingerprint density at radius 3 is 2.64 bits per heavy atom. The quantitative estimate of drug-likeness (QED) is 0.783. The summed E-state index contributed by atoms with van der Waals surface area (Å²) in [4.78, 5) is 7.48. The Morgan fingerprint density at radius 2 is 2.14 bits per heavy atom. The number of hydrogen-bond donors (Lipinski definition) is 1. The number of nitrogens with one attached hydrogen (secondary N) is 1. The van der Waals surface area contributed by atoms with Gasteiger partial charge >= 0.3 is 0 Å². The van der Waals surface area contributed by atoms with Crippen molar-refractivity contribution in [3.63, 3.8) is 0 Å². The minimum absolute atomic E-state index is 0.0269. The normalized spacial score (nSPS) is 12.9. The molecule has 0 aromatic carbocycles. The average molecular weight is 212 g/mol. The highest BCUT2D eigenvalue weighted by Gasteiger charge is 2.08. The fraction of sp³-hybridized carbons (Fsp3) is 0.600. The fourth-order valence-electron chi connectivity index (χ4n) is 1.19. The first-order chi connectivity index (χ1) is 6.56. The van der Waals surface area contributed by atoms with Gasteiger partial charge in [0.15, 0.2) is 0 Å². The maximum atomic E-state index is 5.44. The molecule has 1 unspecified atom stereocenters. The van der Waals surface area contributed by atoms with E-state index in [0.717, 1.165) is 17.1 Å². The van der Waals surface area contributed by atoms with Crippen LogP contribution in [0.4, 0.5) is 0 Å². The van der Waals surface area contributed by atoms with Crippen molar-refractivity contribution in [1.82, 2.24) is 9.97 Å². The van der Waals surface area contributed by atoms with Crippen LogP contribution >= 0.6 is 12.2 Å². The van der Waals surface area contributed by atoms with Gasteiger partial charge in [-0.25, -0.2) is 4.98 Å². The van der Waals surface area contributed by atoms with Gasteiger partial charge in [0.05, 0.1) is 0 Å². The number of hydrogen-bond acceptors (Lipinski definition) is 3. The molecule has 0 saturated heterocycles. The van der Waals surface area contributed by atoms with Crippen LogP contribution in [0.5, 0.6) is 0 Å². The minimum Gasteiger partial charge on any atom is -0.371 e. The van der Waals surface area contributed by atoms with E-state index in [9.17, 15) is 0 Å². The molecule has 0 spiro atoms. The zero-order valence-corrected chi connectivity index (χ0v) is 9.86. The van der Waals surface area contributed by atoms with Crippen LogP contribution in [0, 0.1) is 18.5 Å². The van der Waals surface area contributed by atoms with Gasteiger partial charge in [-0.2, -0.15) is 0 Å². The Labute approximate surface area is 89.5 Å². The van der Waals surface area contributed by atoms with Crippen molar-refractivity contribution in [2.24, 2.45) is 0 Å². The number of aromatic amines is 1. The largest absolute Gasteiger partial charge is 0.371 e. The topological polar surface area (TPSA) is 37.9 Å². The first kappa shape index (κ1) is 11.3. The lowest BCUT2D eigenvalue weighted by Crippen LogP contribution is -2.07. The summed E-state index contributed by atoms with van der Waals surface area (Å²) in [6.45, 7) is 8.57. The molecule has 3 nitrogen and oxygen atoms in total. The third kappa shape index (κ3) is 2.39. The SMILES string of the molecule is CCOC(C)c1nc(=S)c(C)c(C)[nH]1. The van der Waals surface area contributed by atoms with Crippen LogP contribution in [0.15, 0.2) is 0 Å².